The van der Waals surface area contributed by atoms with E-state index in [9.17, 15) is 5.11 Å². The van der Waals surface area contributed by atoms with Gasteiger partial charge < -0.3 is 19.6 Å². The molecule has 1 aliphatic rings. The predicted molar refractivity (Wildman–Crippen MR) is 75.5 cm³/mol. The third-order valence-electron chi connectivity index (χ3n) is 3.89. The average Bonchev–Trinajstić information content (AvgIpc) is 2.87. The molecule has 2 aromatic rings. The van der Waals surface area contributed by atoms with E-state index >= 15 is 0 Å². The van der Waals surface area contributed by atoms with E-state index in [4.69, 9.17) is 9.15 Å². The Labute approximate surface area is 117 Å². The van der Waals surface area contributed by atoms with Gasteiger partial charge in [-0.15, -0.1) is 0 Å². The van der Waals surface area contributed by atoms with E-state index in [1.165, 1.54) is 6.42 Å². The molecule has 0 radical (unpaired) electrons. The highest BCUT2D eigenvalue weighted by Crippen LogP contribution is 2.21. The van der Waals surface area contributed by atoms with Gasteiger partial charge in [0.25, 0.3) is 0 Å². The Hall–Kier alpha value is -1.59. The van der Waals surface area contributed by atoms with Gasteiger partial charge in [0.05, 0.1) is 13.2 Å². The molecule has 1 aliphatic heterocycles. The fraction of sp³-hybridized carbons (Fsp3) is 0.533. The van der Waals surface area contributed by atoms with Crippen LogP contribution >= 0.6 is 0 Å². The van der Waals surface area contributed by atoms with Gasteiger partial charge in [-0.1, -0.05) is 0 Å². The molecule has 5 heteroatoms. The highest BCUT2D eigenvalue weighted by atomic mass is 16.5. The number of ether oxygens (including phenoxy) is 1. The first-order chi connectivity index (χ1) is 9.72. The predicted octanol–water partition coefficient (Wildman–Crippen LogP) is 2.44. The molecule has 0 amide bonds. The summed E-state index contributed by atoms with van der Waals surface area (Å²) in [6.45, 7) is 4.48. The van der Waals surface area contributed by atoms with Gasteiger partial charge in [-0.25, -0.2) is 4.98 Å². The SMILES string of the molecule is CC(NCc1nc2ccc(O)cc2o1)C1CCCOC1. The van der Waals surface area contributed by atoms with Gasteiger partial charge in [-0.3, -0.25) is 0 Å². The molecule has 0 spiro atoms. The van der Waals surface area contributed by atoms with Gasteiger partial charge in [0.1, 0.15) is 11.3 Å². The normalized spacial score (nSPS) is 21.1. The van der Waals surface area contributed by atoms with Gasteiger partial charge >= 0.3 is 0 Å². The van der Waals surface area contributed by atoms with Crippen LogP contribution in [-0.2, 0) is 11.3 Å². The molecule has 5 nitrogen and oxygen atoms in total. The number of oxazole rings is 1. The molecule has 2 unspecified atom stereocenters. The van der Waals surface area contributed by atoms with Crippen LogP contribution in [0.2, 0.25) is 0 Å². The van der Waals surface area contributed by atoms with Crippen LogP contribution in [0, 0.1) is 5.92 Å². The average molecular weight is 276 g/mol. The summed E-state index contributed by atoms with van der Waals surface area (Å²) < 4.78 is 11.1. The summed E-state index contributed by atoms with van der Waals surface area (Å²) in [7, 11) is 0. The van der Waals surface area contributed by atoms with Crippen LogP contribution in [0.25, 0.3) is 11.1 Å². The summed E-state index contributed by atoms with van der Waals surface area (Å²) in [4.78, 5) is 4.40. The van der Waals surface area contributed by atoms with Crippen LogP contribution in [0.4, 0.5) is 0 Å². The van der Waals surface area contributed by atoms with Crippen LogP contribution in [0.15, 0.2) is 22.6 Å². The summed E-state index contributed by atoms with van der Waals surface area (Å²) in [6.07, 6.45) is 2.34. The summed E-state index contributed by atoms with van der Waals surface area (Å²) in [5.41, 5.74) is 1.39. The molecule has 3 rings (SSSR count). The molecule has 20 heavy (non-hydrogen) atoms. The number of phenols is 1. The highest BCUT2D eigenvalue weighted by molar-refractivity contribution is 5.74. The number of hydrogen-bond donors (Lipinski definition) is 2. The number of nitrogens with zero attached hydrogens (tertiary/aromatic N) is 1. The third-order valence-corrected chi connectivity index (χ3v) is 3.89. The topological polar surface area (TPSA) is 67.5 Å². The summed E-state index contributed by atoms with van der Waals surface area (Å²) in [6, 6.07) is 5.34. The Morgan fingerprint density at radius 3 is 3.20 bits per heavy atom. The molecule has 0 saturated carbocycles. The monoisotopic (exact) mass is 276 g/mol. The Kier molecular flexibility index (Phi) is 3.89. The van der Waals surface area contributed by atoms with Gasteiger partial charge in [0.15, 0.2) is 5.58 Å². The molecule has 1 fully saturated rings. The number of aromatic hydroxyl groups is 1. The number of phenolic OH excluding ortho intramolecular Hbond substituents is 1. The highest BCUT2D eigenvalue weighted by Gasteiger charge is 2.20. The maximum Gasteiger partial charge on any atom is 0.209 e. The lowest BCUT2D eigenvalue weighted by molar-refractivity contribution is 0.0414. The van der Waals surface area contributed by atoms with Crippen molar-refractivity contribution in [2.24, 2.45) is 5.92 Å². The van der Waals surface area contributed by atoms with Crippen molar-refractivity contribution in [1.82, 2.24) is 10.3 Å². The first-order valence-electron chi connectivity index (χ1n) is 7.12. The van der Waals surface area contributed by atoms with Crippen molar-refractivity contribution in [3.8, 4) is 5.75 Å². The summed E-state index contributed by atoms with van der Waals surface area (Å²) in [5.74, 6) is 1.40. The van der Waals surface area contributed by atoms with Crippen LogP contribution < -0.4 is 5.32 Å². The first kappa shape index (κ1) is 13.4. The molecule has 108 valence electrons. The zero-order valence-electron chi connectivity index (χ0n) is 11.6. The number of nitrogens with one attached hydrogen (secondary N) is 1. The Morgan fingerprint density at radius 2 is 2.40 bits per heavy atom. The number of hydrogen-bond acceptors (Lipinski definition) is 5. The second-order valence-corrected chi connectivity index (χ2v) is 5.41. The molecular weight excluding hydrogens is 256 g/mol. The number of benzene rings is 1. The van der Waals surface area contributed by atoms with Gasteiger partial charge in [-0.2, -0.15) is 0 Å². The van der Waals surface area contributed by atoms with E-state index in [1.54, 1.807) is 18.2 Å². The fourth-order valence-corrected chi connectivity index (χ4v) is 2.61. The van der Waals surface area contributed by atoms with E-state index in [1.807, 2.05) is 0 Å². The first-order valence-corrected chi connectivity index (χ1v) is 7.12. The van der Waals surface area contributed by atoms with Crippen LogP contribution in [0.5, 0.6) is 5.75 Å². The van der Waals surface area contributed by atoms with E-state index in [0.717, 1.165) is 25.2 Å². The lowest BCUT2D eigenvalue weighted by Gasteiger charge is -2.28. The Bertz CT molecular complexity index is 576. The standard InChI is InChI=1S/C15H20N2O3/c1-10(11-3-2-6-19-9-11)16-8-15-17-13-5-4-12(18)7-14(13)20-15/h4-5,7,10-11,16,18H,2-3,6,8-9H2,1H3. The van der Waals surface area contributed by atoms with Crippen molar-refractivity contribution in [2.75, 3.05) is 13.2 Å². The zero-order valence-corrected chi connectivity index (χ0v) is 11.6. The van der Waals surface area contributed by atoms with Crippen molar-refractivity contribution >= 4 is 11.1 Å². The van der Waals surface area contributed by atoms with Crippen LogP contribution in [0.1, 0.15) is 25.7 Å². The minimum absolute atomic E-state index is 0.195. The van der Waals surface area contributed by atoms with E-state index in [2.05, 4.69) is 17.2 Å². The minimum Gasteiger partial charge on any atom is -0.508 e. The molecule has 2 N–H and O–H groups in total. The maximum absolute atomic E-state index is 9.41. The third kappa shape index (κ3) is 2.94. The van der Waals surface area contributed by atoms with Crippen molar-refractivity contribution in [2.45, 2.75) is 32.4 Å². The molecule has 1 aromatic carbocycles. The molecule has 1 saturated heterocycles. The molecule has 2 heterocycles. The molecule has 0 bridgehead atoms. The molecule has 2 atom stereocenters. The number of aromatic nitrogens is 1. The van der Waals surface area contributed by atoms with Crippen molar-refractivity contribution in [3.05, 3.63) is 24.1 Å². The van der Waals surface area contributed by atoms with Gasteiger partial charge in [-0.05, 0) is 37.8 Å². The van der Waals surface area contributed by atoms with Crippen molar-refractivity contribution in [1.29, 1.82) is 0 Å². The van der Waals surface area contributed by atoms with E-state index < -0.39 is 0 Å². The zero-order chi connectivity index (χ0) is 13.9. The molecular formula is C15H20N2O3. The van der Waals surface area contributed by atoms with Crippen LogP contribution in [0.3, 0.4) is 0 Å². The van der Waals surface area contributed by atoms with Gasteiger partial charge in [0.2, 0.25) is 5.89 Å². The van der Waals surface area contributed by atoms with E-state index in [-0.39, 0.29) is 5.75 Å². The number of fused-ring (bicyclic) bond motifs is 1. The Morgan fingerprint density at radius 1 is 1.50 bits per heavy atom. The summed E-state index contributed by atoms with van der Waals surface area (Å²) >= 11 is 0. The van der Waals surface area contributed by atoms with Crippen LogP contribution in [-0.4, -0.2) is 29.3 Å². The second-order valence-electron chi connectivity index (χ2n) is 5.41. The number of rotatable bonds is 4. The molecule has 0 aliphatic carbocycles. The fourth-order valence-electron chi connectivity index (χ4n) is 2.61. The Balaban J connectivity index is 1.61. The quantitative estimate of drug-likeness (QED) is 0.897. The van der Waals surface area contributed by atoms with Crippen molar-refractivity contribution < 1.29 is 14.3 Å². The minimum atomic E-state index is 0.195. The molecule has 1 aromatic heterocycles. The second kappa shape index (κ2) is 5.81. The maximum atomic E-state index is 9.41. The largest absolute Gasteiger partial charge is 0.508 e. The summed E-state index contributed by atoms with van der Waals surface area (Å²) in [5, 5.41) is 12.9. The van der Waals surface area contributed by atoms with E-state index in [0.29, 0.717) is 30.0 Å². The lowest BCUT2D eigenvalue weighted by Crippen LogP contribution is -2.37. The lowest BCUT2D eigenvalue weighted by atomic mass is 9.95. The van der Waals surface area contributed by atoms with Crippen molar-refractivity contribution in [3.63, 3.8) is 0 Å². The smallest absolute Gasteiger partial charge is 0.209 e. The van der Waals surface area contributed by atoms with Gasteiger partial charge in [0, 0.05) is 18.7 Å².